The lowest BCUT2D eigenvalue weighted by Gasteiger charge is -2.10. The second-order valence-corrected chi connectivity index (χ2v) is 5.82. The van der Waals surface area contributed by atoms with E-state index in [-0.39, 0.29) is 5.88 Å². The summed E-state index contributed by atoms with van der Waals surface area (Å²) in [5.41, 5.74) is 3.78. The zero-order valence-corrected chi connectivity index (χ0v) is 13.9. The molecule has 0 aliphatic rings. The molecule has 0 saturated heterocycles. The molecule has 4 nitrogen and oxygen atoms in total. The van der Waals surface area contributed by atoms with Gasteiger partial charge in [-0.25, -0.2) is 0 Å². The Kier molecular flexibility index (Phi) is 3.87. The highest BCUT2D eigenvalue weighted by Crippen LogP contribution is 2.30. The Hall–Kier alpha value is -1.59. The molecule has 0 N–H and O–H groups in total. The number of nitrogens with zero attached hydrogens (tertiary/aromatic N) is 3. The summed E-state index contributed by atoms with van der Waals surface area (Å²) in [4.78, 5) is 0. The molecule has 1 aromatic carbocycles. The molecule has 0 aliphatic carbocycles. The molecule has 21 heavy (non-hydrogen) atoms. The first-order chi connectivity index (χ1) is 10.1. The summed E-state index contributed by atoms with van der Waals surface area (Å²) in [5.74, 6) is 1.06. The van der Waals surface area contributed by atoms with Gasteiger partial charge in [-0.05, 0) is 37.6 Å². The van der Waals surface area contributed by atoms with Gasteiger partial charge in [0.2, 0.25) is 5.89 Å². The molecule has 3 rings (SSSR count). The second-order valence-electron chi connectivity index (χ2n) is 4.63. The van der Waals surface area contributed by atoms with Crippen molar-refractivity contribution in [2.75, 3.05) is 0 Å². The Morgan fingerprint density at radius 3 is 2.81 bits per heavy atom. The highest BCUT2D eigenvalue weighted by molar-refractivity contribution is 9.10. The van der Waals surface area contributed by atoms with Crippen LogP contribution in [-0.2, 0) is 5.88 Å². The van der Waals surface area contributed by atoms with Crippen LogP contribution >= 0.6 is 27.5 Å². The van der Waals surface area contributed by atoms with Crippen LogP contribution in [-0.4, -0.2) is 14.8 Å². The molecule has 0 spiro atoms. The summed E-state index contributed by atoms with van der Waals surface area (Å²) in [6.07, 6.45) is 0. The van der Waals surface area contributed by atoms with Crippen LogP contribution in [0.4, 0.5) is 0 Å². The van der Waals surface area contributed by atoms with E-state index in [2.05, 4.69) is 32.2 Å². The first-order valence-corrected chi connectivity index (χ1v) is 7.68. The van der Waals surface area contributed by atoms with Gasteiger partial charge < -0.3 is 8.98 Å². The lowest BCUT2D eigenvalue weighted by Crippen LogP contribution is -1.99. The molecule has 1 radical (unpaired) electrons. The van der Waals surface area contributed by atoms with E-state index in [1.165, 1.54) is 0 Å². The Balaban J connectivity index is 2.21. The molecule has 0 unspecified atom stereocenters. The maximum atomic E-state index is 5.73. The van der Waals surface area contributed by atoms with Gasteiger partial charge in [0.15, 0.2) is 0 Å². The van der Waals surface area contributed by atoms with Crippen LogP contribution in [0, 0.1) is 19.9 Å². The predicted octanol–water partition coefficient (Wildman–Crippen LogP) is 4.45. The van der Waals surface area contributed by atoms with Crippen molar-refractivity contribution in [3.63, 3.8) is 0 Å². The average molecular weight is 366 g/mol. The third kappa shape index (κ3) is 2.63. The Morgan fingerprint density at radius 2 is 2.14 bits per heavy atom. The predicted molar refractivity (Wildman–Crippen MR) is 84.6 cm³/mol. The summed E-state index contributed by atoms with van der Waals surface area (Å²) in [5, 5.41) is 8.02. The van der Waals surface area contributed by atoms with Crippen LogP contribution in [0.25, 0.3) is 17.3 Å². The number of hydrogen-bond acceptors (Lipinski definition) is 3. The molecule has 107 valence electrons. The molecule has 0 fully saturated rings. The first-order valence-electron chi connectivity index (χ1n) is 6.36. The zero-order valence-electron chi connectivity index (χ0n) is 11.5. The van der Waals surface area contributed by atoms with Crippen molar-refractivity contribution in [2.45, 2.75) is 19.7 Å². The molecule has 2 heterocycles. The monoisotopic (exact) mass is 364 g/mol. The third-order valence-corrected chi connectivity index (χ3v) is 3.85. The van der Waals surface area contributed by atoms with Crippen molar-refractivity contribution >= 4 is 27.5 Å². The van der Waals surface area contributed by atoms with Crippen molar-refractivity contribution < 1.29 is 4.42 Å². The molecular formula is C15H12BrClN3O. The van der Waals surface area contributed by atoms with Crippen molar-refractivity contribution in [1.29, 1.82) is 0 Å². The van der Waals surface area contributed by atoms with Crippen molar-refractivity contribution in [3.8, 4) is 17.3 Å². The molecule has 2 aromatic heterocycles. The maximum absolute atomic E-state index is 5.73. The number of hydrogen-bond donors (Lipinski definition) is 0. The molecule has 0 bridgehead atoms. The number of rotatable bonds is 3. The highest BCUT2D eigenvalue weighted by atomic mass is 79.9. The van der Waals surface area contributed by atoms with Crippen LogP contribution in [0.15, 0.2) is 33.2 Å². The number of aromatic nitrogens is 3. The van der Waals surface area contributed by atoms with Crippen molar-refractivity contribution in [2.24, 2.45) is 0 Å². The molecule has 0 aliphatic heterocycles. The van der Waals surface area contributed by atoms with E-state index in [9.17, 15) is 0 Å². The van der Waals surface area contributed by atoms with Gasteiger partial charge >= 0.3 is 0 Å². The van der Waals surface area contributed by atoms with Crippen LogP contribution in [0.5, 0.6) is 0 Å². The van der Waals surface area contributed by atoms with E-state index in [0.29, 0.717) is 11.8 Å². The number of benzene rings is 1. The van der Waals surface area contributed by atoms with Crippen molar-refractivity contribution in [1.82, 2.24) is 14.8 Å². The Morgan fingerprint density at radius 1 is 1.33 bits per heavy atom. The quantitative estimate of drug-likeness (QED) is 0.644. The van der Waals surface area contributed by atoms with Crippen LogP contribution in [0.2, 0.25) is 0 Å². The van der Waals surface area contributed by atoms with E-state index in [1.54, 1.807) is 0 Å². The van der Waals surface area contributed by atoms with Gasteiger partial charge in [-0.15, -0.1) is 21.8 Å². The van der Waals surface area contributed by atoms with Crippen molar-refractivity contribution in [3.05, 3.63) is 52.0 Å². The second kappa shape index (κ2) is 5.66. The SMILES string of the molecule is Cc1[c]c(C)n(-c2cccc(Br)c2)c1-c1nnc(CCl)o1. The van der Waals surface area contributed by atoms with Gasteiger partial charge in [-0.2, -0.15) is 0 Å². The lowest BCUT2D eigenvalue weighted by molar-refractivity contribution is 0.524. The van der Waals surface area contributed by atoms with E-state index in [1.807, 2.05) is 42.7 Å². The molecule has 0 atom stereocenters. The number of alkyl halides is 1. The summed E-state index contributed by atoms with van der Waals surface area (Å²) in [6.45, 7) is 3.97. The molecule has 6 heteroatoms. The number of halogens is 2. The largest absolute Gasteiger partial charge is 0.418 e. The summed E-state index contributed by atoms with van der Waals surface area (Å²) in [7, 11) is 0. The summed E-state index contributed by atoms with van der Waals surface area (Å²) < 4.78 is 8.65. The third-order valence-electron chi connectivity index (χ3n) is 3.13. The smallest absolute Gasteiger partial charge is 0.265 e. The minimum Gasteiger partial charge on any atom is -0.418 e. The fraction of sp³-hybridized carbons (Fsp3) is 0.200. The highest BCUT2D eigenvalue weighted by Gasteiger charge is 2.19. The Labute approximate surface area is 135 Å². The van der Waals surface area contributed by atoms with E-state index < -0.39 is 0 Å². The normalized spacial score (nSPS) is 11.0. The Bertz CT molecular complexity index is 794. The fourth-order valence-electron chi connectivity index (χ4n) is 2.32. The van der Waals surface area contributed by atoms with Gasteiger partial charge in [0.25, 0.3) is 5.89 Å². The standard InChI is InChI=1S/C15H12BrClN3O/c1-9-6-10(2)20(12-5-3-4-11(16)7-12)14(9)15-19-18-13(8-17)21-15/h3-5,7H,8H2,1-2H3. The molecule has 0 saturated carbocycles. The minimum absolute atomic E-state index is 0.201. The van der Waals surface area contributed by atoms with E-state index >= 15 is 0 Å². The van der Waals surface area contributed by atoms with Gasteiger partial charge in [0.05, 0.1) is 0 Å². The van der Waals surface area contributed by atoms with E-state index in [4.69, 9.17) is 16.0 Å². The van der Waals surface area contributed by atoms with Crippen LogP contribution < -0.4 is 0 Å². The topological polar surface area (TPSA) is 43.9 Å². The van der Waals surface area contributed by atoms with Crippen LogP contribution in [0.1, 0.15) is 17.1 Å². The lowest BCUT2D eigenvalue weighted by atomic mass is 10.2. The molecule has 0 amide bonds. The zero-order chi connectivity index (χ0) is 15.0. The van der Waals surface area contributed by atoms with E-state index in [0.717, 1.165) is 27.1 Å². The maximum Gasteiger partial charge on any atom is 0.265 e. The minimum atomic E-state index is 0.201. The molecule has 3 aromatic rings. The molecular weight excluding hydrogens is 354 g/mol. The number of aryl methyl sites for hydroxylation is 2. The summed E-state index contributed by atoms with van der Waals surface area (Å²) in [6, 6.07) is 11.3. The van der Waals surface area contributed by atoms with Crippen LogP contribution in [0.3, 0.4) is 0 Å². The average Bonchev–Trinajstić information content (AvgIpc) is 3.02. The summed E-state index contributed by atoms with van der Waals surface area (Å²) >= 11 is 9.23. The van der Waals surface area contributed by atoms with Gasteiger partial charge in [-0.1, -0.05) is 22.0 Å². The van der Waals surface area contributed by atoms with Gasteiger partial charge in [-0.3, -0.25) is 0 Å². The fourth-order valence-corrected chi connectivity index (χ4v) is 2.81. The van der Waals surface area contributed by atoms with Gasteiger partial charge in [0.1, 0.15) is 11.6 Å². The van der Waals surface area contributed by atoms with Gasteiger partial charge in [0, 0.05) is 21.9 Å². The first kappa shape index (κ1) is 14.4.